The van der Waals surface area contributed by atoms with Gasteiger partial charge in [0.1, 0.15) is 17.9 Å². The molecule has 4 rings (SSSR count). The number of hydrogen-bond acceptors (Lipinski definition) is 10. The Balaban J connectivity index is 1.67. The molecule has 1 amide bonds. The third-order valence-electron chi connectivity index (χ3n) is 7.39. The number of nitrogens with one attached hydrogen (secondary N) is 3. The molecule has 1 fully saturated rings. The van der Waals surface area contributed by atoms with Crippen LogP contribution in [-0.4, -0.2) is 71.2 Å². The normalized spacial score (nSPS) is 16.2. The van der Waals surface area contributed by atoms with Gasteiger partial charge in [0, 0.05) is 36.4 Å². The van der Waals surface area contributed by atoms with Gasteiger partial charge in [0.25, 0.3) is 0 Å². The Morgan fingerprint density at radius 3 is 2.52 bits per heavy atom. The summed E-state index contributed by atoms with van der Waals surface area (Å²) in [6.07, 6.45) is 3.83. The highest BCUT2D eigenvalue weighted by molar-refractivity contribution is 6.31. The van der Waals surface area contributed by atoms with Crippen molar-refractivity contribution in [2.75, 3.05) is 55.1 Å². The van der Waals surface area contributed by atoms with E-state index in [4.69, 9.17) is 16.3 Å². The number of carbonyl (C=O) groups excluding carboxylic acids is 1. The molecule has 224 valence electrons. The number of rotatable bonds is 11. The zero-order chi connectivity index (χ0) is 30.6. The second kappa shape index (κ2) is 12.9. The van der Waals surface area contributed by atoms with Gasteiger partial charge in [0.05, 0.1) is 34.8 Å². The summed E-state index contributed by atoms with van der Waals surface area (Å²) >= 11 is 6.04. The lowest BCUT2D eigenvalue weighted by molar-refractivity contribution is -0.111. The van der Waals surface area contributed by atoms with E-state index >= 15 is 0 Å². The first-order chi connectivity index (χ1) is 19.9. The van der Waals surface area contributed by atoms with Gasteiger partial charge in [-0.15, -0.1) is 0 Å². The average molecular weight is 599 g/mol. The first-order valence-electron chi connectivity index (χ1n) is 13.5. The number of amides is 1. The van der Waals surface area contributed by atoms with Crippen LogP contribution in [0.15, 0.2) is 43.2 Å². The number of hydrogen-bond donors (Lipinski definition) is 4. The van der Waals surface area contributed by atoms with Crippen LogP contribution in [0.2, 0.25) is 5.02 Å². The third-order valence-corrected chi connectivity index (χ3v) is 7.68. The summed E-state index contributed by atoms with van der Waals surface area (Å²) in [6, 6.07) is 6.57. The fraction of sp³-hybridized carbons (Fsp3) is 0.379. The summed E-state index contributed by atoms with van der Waals surface area (Å²) in [6.45, 7) is 8.56. The first kappa shape index (κ1) is 30.9. The lowest BCUT2D eigenvalue weighted by Gasteiger charge is -2.26. The molecule has 2 aromatic carbocycles. The minimum atomic E-state index is -1.33. The highest BCUT2D eigenvalue weighted by Crippen LogP contribution is 2.40. The molecule has 1 aliphatic rings. The molecule has 0 unspecified atom stereocenters. The van der Waals surface area contributed by atoms with E-state index < -0.39 is 11.4 Å². The van der Waals surface area contributed by atoms with Crippen LogP contribution in [0.5, 0.6) is 5.75 Å². The Hall–Kier alpha value is -4.00. The zero-order valence-electron chi connectivity index (χ0n) is 24.3. The van der Waals surface area contributed by atoms with Crippen molar-refractivity contribution in [3.63, 3.8) is 0 Å². The second-order valence-electron chi connectivity index (χ2n) is 10.4. The van der Waals surface area contributed by atoms with Crippen LogP contribution >= 0.6 is 11.6 Å². The molecule has 0 radical (unpaired) electrons. The van der Waals surface area contributed by atoms with Gasteiger partial charge in [-0.25, -0.2) is 14.4 Å². The van der Waals surface area contributed by atoms with Crippen molar-refractivity contribution >= 4 is 52.2 Å². The Labute approximate surface area is 249 Å². The van der Waals surface area contributed by atoms with Crippen LogP contribution < -0.4 is 25.6 Å². The lowest BCUT2D eigenvalue weighted by Crippen LogP contribution is -2.31. The van der Waals surface area contributed by atoms with Crippen molar-refractivity contribution in [1.29, 1.82) is 0 Å². The molecule has 0 aliphatic carbocycles. The van der Waals surface area contributed by atoms with E-state index in [0.717, 1.165) is 25.2 Å². The molecule has 0 saturated carbocycles. The molecule has 42 heavy (non-hydrogen) atoms. The van der Waals surface area contributed by atoms with Crippen molar-refractivity contribution in [1.82, 2.24) is 19.9 Å². The fourth-order valence-electron chi connectivity index (χ4n) is 4.71. The van der Waals surface area contributed by atoms with Crippen molar-refractivity contribution in [2.45, 2.75) is 38.3 Å². The minimum Gasteiger partial charge on any atom is -0.494 e. The van der Waals surface area contributed by atoms with Gasteiger partial charge in [-0.3, -0.25) is 4.79 Å². The predicted octanol–water partition coefficient (Wildman–Crippen LogP) is 5.04. The summed E-state index contributed by atoms with van der Waals surface area (Å²) in [5, 5.41) is 19.8. The van der Waals surface area contributed by atoms with Crippen LogP contribution in [-0.2, 0) is 10.4 Å². The van der Waals surface area contributed by atoms with Crippen molar-refractivity contribution < 1.29 is 19.0 Å². The molecule has 11 nitrogen and oxygen atoms in total. The van der Waals surface area contributed by atoms with E-state index in [9.17, 15) is 14.3 Å². The van der Waals surface area contributed by atoms with Crippen LogP contribution in [0.1, 0.15) is 32.3 Å². The molecule has 1 saturated heterocycles. The monoisotopic (exact) mass is 598 g/mol. The number of methoxy groups -OCH3 is 1. The lowest BCUT2D eigenvalue weighted by atomic mass is 9.91. The molecule has 0 spiro atoms. The van der Waals surface area contributed by atoms with Crippen LogP contribution in [0.25, 0.3) is 0 Å². The molecular weight excluding hydrogens is 563 g/mol. The van der Waals surface area contributed by atoms with E-state index in [1.807, 2.05) is 6.07 Å². The number of benzene rings is 2. The van der Waals surface area contributed by atoms with Crippen molar-refractivity contribution in [3.05, 3.63) is 59.7 Å². The standard InChI is InChI=1S/C29H36ClFN8O3/c1-7-26(40)34-22-13-23(25(42-6)14-24(22)39-10-9-17(15-39)38(4)5)36-28-33-16-32-27(37-28)35-21-12-19(30)20(31)11-18(21)29(3,41)8-2/h7,11-14,16-17,41H,1,8-10,15H2,2-6H3,(H,34,40)(H2,32,33,35,36,37)/t17-,29-/m1/s1. The summed E-state index contributed by atoms with van der Waals surface area (Å²) in [4.78, 5) is 29.6. The topological polar surface area (TPSA) is 128 Å². The van der Waals surface area contributed by atoms with Gasteiger partial charge >= 0.3 is 0 Å². The first-order valence-corrected chi connectivity index (χ1v) is 13.8. The maximum absolute atomic E-state index is 14.3. The fourth-order valence-corrected chi connectivity index (χ4v) is 4.87. The summed E-state index contributed by atoms with van der Waals surface area (Å²) in [5.41, 5.74) is 1.22. The molecule has 13 heteroatoms. The Bertz CT molecular complexity index is 1470. The van der Waals surface area contributed by atoms with Gasteiger partial charge in [-0.1, -0.05) is 25.1 Å². The molecule has 2 atom stereocenters. The molecule has 3 aromatic rings. The Morgan fingerprint density at radius 2 is 1.93 bits per heavy atom. The van der Waals surface area contributed by atoms with Crippen LogP contribution in [0, 0.1) is 5.82 Å². The molecule has 0 bridgehead atoms. The van der Waals surface area contributed by atoms with E-state index in [0.29, 0.717) is 40.8 Å². The molecule has 4 N–H and O–H groups in total. The van der Waals surface area contributed by atoms with Crippen molar-refractivity contribution in [2.24, 2.45) is 0 Å². The molecular formula is C29H36ClFN8O3. The van der Waals surface area contributed by atoms with E-state index in [1.165, 1.54) is 24.5 Å². The van der Waals surface area contributed by atoms with Gasteiger partial charge in [-0.2, -0.15) is 4.98 Å². The zero-order valence-corrected chi connectivity index (χ0v) is 25.1. The number of likely N-dealkylation sites (N-methyl/N-ethyl adjacent to an activating group) is 1. The highest BCUT2D eigenvalue weighted by atomic mass is 35.5. The summed E-state index contributed by atoms with van der Waals surface area (Å²) < 4.78 is 20.0. The van der Waals surface area contributed by atoms with Crippen LogP contribution in [0.4, 0.5) is 39.0 Å². The summed E-state index contributed by atoms with van der Waals surface area (Å²) in [7, 11) is 5.66. The van der Waals surface area contributed by atoms with Gasteiger partial charge in [0.2, 0.25) is 17.8 Å². The average Bonchev–Trinajstić information content (AvgIpc) is 3.46. The smallest absolute Gasteiger partial charge is 0.247 e. The molecule has 1 aliphatic heterocycles. The largest absolute Gasteiger partial charge is 0.494 e. The van der Waals surface area contributed by atoms with Crippen LogP contribution in [0.3, 0.4) is 0 Å². The number of anilines is 6. The second-order valence-corrected chi connectivity index (χ2v) is 10.8. The van der Waals surface area contributed by atoms with Gasteiger partial charge in [0.15, 0.2) is 0 Å². The number of carbonyl (C=O) groups is 1. The quantitative estimate of drug-likeness (QED) is 0.223. The van der Waals surface area contributed by atoms with Crippen molar-refractivity contribution in [3.8, 4) is 5.75 Å². The SMILES string of the molecule is C=CC(=O)Nc1cc(Nc2ncnc(Nc3cc(Cl)c(F)cc3[C@](C)(O)CC)n2)c(OC)cc1N1CC[C@@H](N(C)C)C1. The number of aliphatic hydroxyl groups is 1. The number of nitrogens with zero attached hydrogens (tertiary/aromatic N) is 5. The maximum atomic E-state index is 14.3. The molecule has 1 aromatic heterocycles. The third kappa shape index (κ3) is 6.89. The summed E-state index contributed by atoms with van der Waals surface area (Å²) in [5.74, 6) is -0.184. The minimum absolute atomic E-state index is 0.116. The van der Waals surface area contributed by atoms with Gasteiger partial charge < -0.3 is 35.6 Å². The Morgan fingerprint density at radius 1 is 1.24 bits per heavy atom. The number of halogens is 2. The Kier molecular flexibility index (Phi) is 9.50. The highest BCUT2D eigenvalue weighted by Gasteiger charge is 2.28. The number of ether oxygens (including phenoxy) is 1. The molecule has 2 heterocycles. The number of aromatic nitrogens is 3. The van der Waals surface area contributed by atoms with Gasteiger partial charge in [-0.05, 0) is 58.1 Å². The maximum Gasteiger partial charge on any atom is 0.247 e. The predicted molar refractivity (Wildman–Crippen MR) is 164 cm³/mol. The van der Waals surface area contributed by atoms with E-state index in [1.54, 1.807) is 27.0 Å². The van der Waals surface area contributed by atoms with E-state index in [-0.39, 0.29) is 22.8 Å². The van der Waals surface area contributed by atoms with E-state index in [2.05, 4.69) is 61.4 Å².